The summed E-state index contributed by atoms with van der Waals surface area (Å²) in [5.74, 6) is 0.531. The van der Waals surface area contributed by atoms with Crippen molar-refractivity contribution in [1.82, 2.24) is 4.98 Å². The van der Waals surface area contributed by atoms with E-state index in [2.05, 4.69) is 43.8 Å². The van der Waals surface area contributed by atoms with Gasteiger partial charge in [0.1, 0.15) is 0 Å². The van der Waals surface area contributed by atoms with Crippen molar-refractivity contribution in [2.24, 2.45) is 10.7 Å². The third kappa shape index (κ3) is 1.98. The van der Waals surface area contributed by atoms with E-state index in [1.807, 2.05) is 36.5 Å². The molecule has 2 heterocycles. The summed E-state index contributed by atoms with van der Waals surface area (Å²) in [6, 6.07) is 12.0. The van der Waals surface area contributed by atoms with E-state index < -0.39 is 0 Å². The Morgan fingerprint density at radius 1 is 1.25 bits per heavy atom. The number of rotatable bonds is 2. The van der Waals surface area contributed by atoms with Crippen LogP contribution in [0.5, 0.6) is 0 Å². The number of hydrogen-bond acceptors (Lipinski definition) is 4. The van der Waals surface area contributed by atoms with Gasteiger partial charge in [0.15, 0.2) is 5.96 Å². The summed E-state index contributed by atoms with van der Waals surface area (Å²) in [6.07, 6.45) is 3.65. The van der Waals surface area contributed by atoms with Gasteiger partial charge >= 0.3 is 0 Å². The first-order valence-electron chi connectivity index (χ1n) is 6.38. The molecule has 2 aromatic rings. The van der Waals surface area contributed by atoms with E-state index in [-0.39, 0.29) is 5.54 Å². The number of aromatic nitrogens is 1. The Kier molecular flexibility index (Phi) is 3.22. The minimum Gasteiger partial charge on any atom is -0.369 e. The predicted molar refractivity (Wildman–Crippen MR) is 84.7 cm³/mol. The van der Waals surface area contributed by atoms with Gasteiger partial charge in [-0.05, 0) is 46.6 Å². The Morgan fingerprint density at radius 2 is 2.05 bits per heavy atom. The molecule has 0 saturated heterocycles. The van der Waals surface area contributed by atoms with Crippen LogP contribution in [0.15, 0.2) is 58.3 Å². The van der Waals surface area contributed by atoms with Gasteiger partial charge in [-0.2, -0.15) is 0 Å². The molecule has 1 aliphatic heterocycles. The minimum absolute atomic E-state index is 0.317. The van der Waals surface area contributed by atoms with Crippen LogP contribution in [0.1, 0.15) is 12.5 Å². The number of benzene rings is 1. The van der Waals surface area contributed by atoms with Crippen LogP contribution >= 0.6 is 15.9 Å². The number of nitrogens with zero attached hydrogens (tertiary/aromatic N) is 3. The molecule has 2 N–H and O–H groups in total. The number of para-hydroxylation sites is 1. The largest absolute Gasteiger partial charge is 0.369 e. The summed E-state index contributed by atoms with van der Waals surface area (Å²) in [6.45, 7) is 2.75. The molecule has 5 heteroatoms. The lowest BCUT2D eigenvalue weighted by atomic mass is 9.92. The molecule has 0 amide bonds. The van der Waals surface area contributed by atoms with Crippen LogP contribution in [0.4, 0.5) is 5.69 Å². The lowest BCUT2D eigenvalue weighted by molar-refractivity contribution is 0.530. The fourth-order valence-electron chi connectivity index (χ4n) is 2.55. The Bertz CT molecular complexity index is 656. The maximum absolute atomic E-state index is 6.13. The SMILES string of the molecule is CC1(c2cccnc2)CN=C(N)N1c1ccccc1Br. The summed E-state index contributed by atoms with van der Waals surface area (Å²) in [7, 11) is 0. The van der Waals surface area contributed by atoms with Gasteiger partial charge < -0.3 is 5.73 Å². The summed E-state index contributed by atoms with van der Waals surface area (Å²) in [5, 5.41) is 0. The molecule has 3 rings (SSSR count). The van der Waals surface area contributed by atoms with Crippen molar-refractivity contribution in [3.8, 4) is 0 Å². The molecule has 1 aromatic carbocycles. The van der Waals surface area contributed by atoms with E-state index in [4.69, 9.17) is 5.73 Å². The van der Waals surface area contributed by atoms with Crippen LogP contribution in [0.2, 0.25) is 0 Å². The van der Waals surface area contributed by atoms with Crippen molar-refractivity contribution in [2.45, 2.75) is 12.5 Å². The molecule has 1 unspecified atom stereocenters. The van der Waals surface area contributed by atoms with Crippen LogP contribution in [-0.2, 0) is 5.54 Å². The Morgan fingerprint density at radius 3 is 2.75 bits per heavy atom. The van der Waals surface area contributed by atoms with E-state index >= 15 is 0 Å². The molecule has 4 nitrogen and oxygen atoms in total. The standard InChI is InChI=1S/C15H15BrN4/c1-15(11-5-4-8-18-9-11)10-19-14(17)20(15)13-7-3-2-6-12(13)16/h2-9H,10H2,1H3,(H2,17,19). The molecule has 0 fully saturated rings. The summed E-state index contributed by atoms with van der Waals surface area (Å²) >= 11 is 3.59. The monoisotopic (exact) mass is 330 g/mol. The van der Waals surface area contributed by atoms with Crippen LogP contribution in [0.3, 0.4) is 0 Å². The maximum Gasteiger partial charge on any atom is 0.196 e. The van der Waals surface area contributed by atoms with Gasteiger partial charge in [0.25, 0.3) is 0 Å². The van der Waals surface area contributed by atoms with Gasteiger partial charge in [0.05, 0.1) is 17.8 Å². The van der Waals surface area contributed by atoms with Crippen LogP contribution in [0, 0.1) is 0 Å². The molecule has 0 saturated carbocycles. The Hall–Kier alpha value is -1.88. The number of anilines is 1. The minimum atomic E-state index is -0.317. The van der Waals surface area contributed by atoms with E-state index in [1.165, 1.54) is 0 Å². The zero-order valence-corrected chi connectivity index (χ0v) is 12.7. The molecule has 0 aliphatic carbocycles. The number of pyridine rings is 1. The van der Waals surface area contributed by atoms with E-state index in [0.717, 1.165) is 15.7 Å². The smallest absolute Gasteiger partial charge is 0.196 e. The molecule has 1 aliphatic rings. The number of hydrogen-bond donors (Lipinski definition) is 1. The second-order valence-corrected chi connectivity index (χ2v) is 5.83. The zero-order chi connectivity index (χ0) is 14.2. The molecular formula is C15H15BrN4. The van der Waals surface area contributed by atoms with Gasteiger partial charge in [-0.3, -0.25) is 14.9 Å². The van der Waals surface area contributed by atoms with Gasteiger partial charge in [0.2, 0.25) is 0 Å². The lowest BCUT2D eigenvalue weighted by Gasteiger charge is -2.36. The molecule has 0 spiro atoms. The fourth-order valence-corrected chi connectivity index (χ4v) is 3.02. The molecule has 1 aromatic heterocycles. The van der Waals surface area contributed by atoms with Crippen molar-refractivity contribution in [3.63, 3.8) is 0 Å². The molecule has 20 heavy (non-hydrogen) atoms. The van der Waals surface area contributed by atoms with Gasteiger partial charge in [-0.1, -0.05) is 18.2 Å². The molecular weight excluding hydrogens is 316 g/mol. The normalized spacial score (nSPS) is 21.9. The first kappa shape index (κ1) is 13.1. The summed E-state index contributed by atoms with van der Waals surface area (Å²) in [4.78, 5) is 10.7. The van der Waals surface area contributed by atoms with Gasteiger partial charge in [0, 0.05) is 16.9 Å². The molecule has 0 radical (unpaired) electrons. The van der Waals surface area contributed by atoms with Crippen molar-refractivity contribution in [3.05, 3.63) is 58.8 Å². The number of aliphatic imine (C=N–C) groups is 1. The van der Waals surface area contributed by atoms with Crippen molar-refractivity contribution >= 4 is 27.6 Å². The Labute approximate surface area is 126 Å². The van der Waals surface area contributed by atoms with E-state index in [1.54, 1.807) is 6.20 Å². The molecule has 1 atom stereocenters. The Balaban J connectivity index is 2.12. The second-order valence-electron chi connectivity index (χ2n) is 4.98. The summed E-state index contributed by atoms with van der Waals surface area (Å²) in [5.41, 5.74) is 7.92. The van der Waals surface area contributed by atoms with E-state index in [9.17, 15) is 0 Å². The third-order valence-corrected chi connectivity index (χ3v) is 4.32. The van der Waals surface area contributed by atoms with Crippen LogP contribution < -0.4 is 10.6 Å². The first-order chi connectivity index (χ1) is 9.63. The summed E-state index contributed by atoms with van der Waals surface area (Å²) < 4.78 is 0.996. The predicted octanol–water partition coefficient (Wildman–Crippen LogP) is 2.89. The number of guanidine groups is 1. The highest BCUT2D eigenvalue weighted by Crippen LogP contribution is 2.39. The van der Waals surface area contributed by atoms with Crippen molar-refractivity contribution in [1.29, 1.82) is 0 Å². The highest BCUT2D eigenvalue weighted by atomic mass is 79.9. The van der Waals surface area contributed by atoms with Gasteiger partial charge in [-0.25, -0.2) is 0 Å². The third-order valence-electron chi connectivity index (χ3n) is 3.65. The number of halogens is 1. The highest BCUT2D eigenvalue weighted by Gasteiger charge is 2.41. The van der Waals surface area contributed by atoms with Crippen molar-refractivity contribution < 1.29 is 0 Å². The maximum atomic E-state index is 6.13. The lowest BCUT2D eigenvalue weighted by Crippen LogP contribution is -2.48. The highest BCUT2D eigenvalue weighted by molar-refractivity contribution is 9.10. The van der Waals surface area contributed by atoms with Gasteiger partial charge in [-0.15, -0.1) is 0 Å². The average molecular weight is 331 g/mol. The average Bonchev–Trinajstić information content (AvgIpc) is 2.78. The first-order valence-corrected chi connectivity index (χ1v) is 7.17. The van der Waals surface area contributed by atoms with Crippen LogP contribution in [-0.4, -0.2) is 17.5 Å². The second kappa shape index (κ2) is 4.90. The van der Waals surface area contributed by atoms with Crippen molar-refractivity contribution in [2.75, 3.05) is 11.4 Å². The number of nitrogens with two attached hydrogens (primary N) is 1. The van der Waals surface area contributed by atoms with Crippen LogP contribution in [0.25, 0.3) is 0 Å². The van der Waals surface area contributed by atoms with E-state index in [0.29, 0.717) is 12.5 Å². The fraction of sp³-hybridized carbons (Fsp3) is 0.200. The molecule has 102 valence electrons. The zero-order valence-electron chi connectivity index (χ0n) is 11.1. The molecule has 0 bridgehead atoms. The quantitative estimate of drug-likeness (QED) is 0.921. The topological polar surface area (TPSA) is 54.5 Å².